The first-order chi connectivity index (χ1) is 8.69. The molecule has 0 atom stereocenters. The van der Waals surface area contributed by atoms with Crippen LogP contribution in [0.4, 0.5) is 0 Å². The normalized spacial score (nSPS) is 10.3. The van der Waals surface area contributed by atoms with E-state index in [0.717, 1.165) is 5.69 Å². The molecule has 2 heterocycles. The number of hydrogen-bond acceptors (Lipinski definition) is 6. The third-order valence-electron chi connectivity index (χ3n) is 2.16. The van der Waals surface area contributed by atoms with Gasteiger partial charge in [0.2, 0.25) is 5.76 Å². The molecular weight excluding hydrogens is 252 g/mol. The van der Waals surface area contributed by atoms with Crippen LogP contribution in [0.2, 0.25) is 0 Å². The van der Waals surface area contributed by atoms with Crippen LogP contribution in [0.1, 0.15) is 22.0 Å². The summed E-state index contributed by atoms with van der Waals surface area (Å²) in [6.45, 7) is 1.91. The van der Waals surface area contributed by atoms with Crippen LogP contribution in [-0.4, -0.2) is 23.0 Å². The lowest BCUT2D eigenvalue weighted by molar-refractivity contribution is 0.0563. The number of esters is 1. The van der Waals surface area contributed by atoms with E-state index in [2.05, 4.69) is 14.7 Å². The SMILES string of the molecule is COC(=O)c1ccc(CSc2nccc(C)n2)o1. The van der Waals surface area contributed by atoms with E-state index in [1.54, 1.807) is 18.3 Å². The van der Waals surface area contributed by atoms with Gasteiger partial charge in [0, 0.05) is 11.9 Å². The molecule has 0 amide bonds. The Morgan fingerprint density at radius 3 is 3.00 bits per heavy atom. The van der Waals surface area contributed by atoms with Crippen molar-refractivity contribution in [2.75, 3.05) is 7.11 Å². The largest absolute Gasteiger partial charge is 0.463 e. The highest BCUT2D eigenvalue weighted by atomic mass is 32.2. The molecule has 0 fully saturated rings. The average molecular weight is 264 g/mol. The van der Waals surface area contributed by atoms with E-state index >= 15 is 0 Å². The molecule has 2 rings (SSSR count). The number of aromatic nitrogens is 2. The van der Waals surface area contributed by atoms with Crippen LogP contribution in [0.5, 0.6) is 0 Å². The lowest BCUT2D eigenvalue weighted by Gasteiger charge is -1.98. The number of carbonyl (C=O) groups is 1. The zero-order valence-corrected chi connectivity index (χ0v) is 10.9. The number of methoxy groups -OCH3 is 1. The minimum absolute atomic E-state index is 0.207. The first kappa shape index (κ1) is 12.6. The molecule has 0 aromatic carbocycles. The molecule has 0 spiro atoms. The van der Waals surface area contributed by atoms with Crippen molar-refractivity contribution < 1.29 is 13.9 Å². The van der Waals surface area contributed by atoms with Gasteiger partial charge >= 0.3 is 5.97 Å². The van der Waals surface area contributed by atoms with Crippen molar-refractivity contribution in [3.05, 3.63) is 41.6 Å². The first-order valence-electron chi connectivity index (χ1n) is 5.28. The summed E-state index contributed by atoms with van der Waals surface area (Å²) in [4.78, 5) is 19.6. The molecule has 0 unspecified atom stereocenters. The Morgan fingerprint density at radius 1 is 1.44 bits per heavy atom. The maximum atomic E-state index is 11.2. The molecule has 18 heavy (non-hydrogen) atoms. The third-order valence-corrected chi connectivity index (χ3v) is 3.05. The van der Waals surface area contributed by atoms with Gasteiger partial charge in [-0.05, 0) is 25.1 Å². The fourth-order valence-electron chi connectivity index (χ4n) is 1.30. The van der Waals surface area contributed by atoms with Gasteiger partial charge in [0.25, 0.3) is 0 Å². The number of thioether (sulfide) groups is 1. The monoisotopic (exact) mass is 264 g/mol. The standard InChI is InChI=1S/C12H12N2O3S/c1-8-5-6-13-12(14-8)18-7-9-3-4-10(17-9)11(15)16-2/h3-6H,7H2,1-2H3. The number of carbonyl (C=O) groups excluding carboxylic acids is 1. The summed E-state index contributed by atoms with van der Waals surface area (Å²) in [6.07, 6.45) is 1.71. The molecule has 0 saturated carbocycles. The third kappa shape index (κ3) is 3.10. The number of hydrogen-bond donors (Lipinski definition) is 0. The molecule has 0 aliphatic carbocycles. The molecule has 0 radical (unpaired) electrons. The average Bonchev–Trinajstić information content (AvgIpc) is 2.84. The summed E-state index contributed by atoms with van der Waals surface area (Å²) in [5.41, 5.74) is 0.919. The minimum atomic E-state index is -0.474. The van der Waals surface area contributed by atoms with Crippen LogP contribution in [-0.2, 0) is 10.5 Å². The predicted molar refractivity (Wildman–Crippen MR) is 66.4 cm³/mol. The highest BCUT2D eigenvalue weighted by Crippen LogP contribution is 2.20. The van der Waals surface area contributed by atoms with Crippen molar-refractivity contribution in [1.82, 2.24) is 9.97 Å². The molecule has 0 N–H and O–H groups in total. The summed E-state index contributed by atoms with van der Waals surface area (Å²) < 4.78 is 9.90. The van der Waals surface area contributed by atoms with Crippen LogP contribution < -0.4 is 0 Å². The van der Waals surface area contributed by atoms with Crippen LogP contribution in [0, 0.1) is 6.92 Å². The van der Waals surface area contributed by atoms with Crippen LogP contribution in [0.3, 0.4) is 0 Å². The van der Waals surface area contributed by atoms with Crippen LogP contribution in [0.25, 0.3) is 0 Å². The maximum absolute atomic E-state index is 11.2. The Bertz CT molecular complexity index is 554. The molecule has 2 aromatic rings. The number of rotatable bonds is 4. The van der Waals surface area contributed by atoms with E-state index in [1.165, 1.54) is 18.9 Å². The van der Waals surface area contributed by atoms with Gasteiger partial charge in [-0.25, -0.2) is 14.8 Å². The zero-order chi connectivity index (χ0) is 13.0. The Balaban J connectivity index is 1.98. The summed E-state index contributed by atoms with van der Waals surface area (Å²) in [5, 5.41) is 0.686. The second-order valence-corrected chi connectivity index (χ2v) is 4.47. The molecule has 0 aliphatic rings. The van der Waals surface area contributed by atoms with E-state index in [1.807, 2.05) is 13.0 Å². The quantitative estimate of drug-likeness (QED) is 0.480. The van der Waals surface area contributed by atoms with Crippen LogP contribution >= 0.6 is 11.8 Å². The summed E-state index contributed by atoms with van der Waals surface area (Å²) in [5.74, 6) is 0.988. The number of nitrogens with zero attached hydrogens (tertiary/aromatic N) is 2. The summed E-state index contributed by atoms with van der Waals surface area (Å²) >= 11 is 1.45. The van der Waals surface area contributed by atoms with Crippen molar-refractivity contribution in [2.24, 2.45) is 0 Å². The summed E-state index contributed by atoms with van der Waals surface area (Å²) in [6, 6.07) is 5.18. The highest BCUT2D eigenvalue weighted by Gasteiger charge is 2.11. The molecular formula is C12H12N2O3S. The van der Waals surface area contributed by atoms with E-state index in [9.17, 15) is 4.79 Å². The fraction of sp³-hybridized carbons (Fsp3) is 0.250. The molecule has 0 saturated heterocycles. The molecule has 2 aromatic heterocycles. The van der Waals surface area contributed by atoms with E-state index in [-0.39, 0.29) is 5.76 Å². The fourth-order valence-corrected chi connectivity index (χ4v) is 2.07. The zero-order valence-electron chi connectivity index (χ0n) is 10.0. The van der Waals surface area contributed by atoms with Crippen molar-refractivity contribution in [2.45, 2.75) is 17.8 Å². The highest BCUT2D eigenvalue weighted by molar-refractivity contribution is 7.98. The van der Waals surface area contributed by atoms with Gasteiger partial charge in [0.05, 0.1) is 12.9 Å². The number of ether oxygens (including phenoxy) is 1. The Labute approximate surface area is 109 Å². The maximum Gasteiger partial charge on any atom is 0.373 e. The van der Waals surface area contributed by atoms with Gasteiger partial charge in [-0.2, -0.15) is 0 Å². The second kappa shape index (κ2) is 5.68. The number of furan rings is 1. The van der Waals surface area contributed by atoms with Gasteiger partial charge in [-0.1, -0.05) is 11.8 Å². The molecule has 5 nitrogen and oxygen atoms in total. The minimum Gasteiger partial charge on any atom is -0.463 e. The number of aryl methyl sites for hydroxylation is 1. The lowest BCUT2D eigenvalue weighted by Crippen LogP contribution is -1.98. The Kier molecular flexibility index (Phi) is 3.99. The summed E-state index contributed by atoms with van der Waals surface area (Å²) in [7, 11) is 1.32. The Morgan fingerprint density at radius 2 is 2.28 bits per heavy atom. The van der Waals surface area contributed by atoms with Crippen molar-refractivity contribution in [1.29, 1.82) is 0 Å². The molecule has 6 heteroatoms. The first-order valence-corrected chi connectivity index (χ1v) is 6.27. The van der Waals surface area contributed by atoms with Gasteiger partial charge < -0.3 is 9.15 Å². The van der Waals surface area contributed by atoms with Gasteiger partial charge in [0.15, 0.2) is 5.16 Å². The predicted octanol–water partition coefficient (Wildman–Crippen LogP) is 2.46. The van der Waals surface area contributed by atoms with Gasteiger partial charge in [-0.15, -0.1) is 0 Å². The van der Waals surface area contributed by atoms with E-state index in [4.69, 9.17) is 4.42 Å². The molecule has 0 aliphatic heterocycles. The second-order valence-electron chi connectivity index (χ2n) is 3.53. The van der Waals surface area contributed by atoms with Gasteiger partial charge in [0.1, 0.15) is 5.76 Å². The Hall–Kier alpha value is -1.82. The molecule has 94 valence electrons. The van der Waals surface area contributed by atoms with Crippen LogP contribution in [0.15, 0.2) is 34.0 Å². The lowest BCUT2D eigenvalue weighted by atomic mass is 10.4. The van der Waals surface area contributed by atoms with E-state index in [0.29, 0.717) is 16.7 Å². The van der Waals surface area contributed by atoms with Crippen molar-refractivity contribution in [3.8, 4) is 0 Å². The van der Waals surface area contributed by atoms with Crippen molar-refractivity contribution in [3.63, 3.8) is 0 Å². The van der Waals surface area contributed by atoms with E-state index < -0.39 is 5.97 Å². The van der Waals surface area contributed by atoms with Crippen molar-refractivity contribution >= 4 is 17.7 Å². The molecule has 0 bridgehead atoms. The van der Waals surface area contributed by atoms with Gasteiger partial charge in [-0.3, -0.25) is 0 Å². The smallest absolute Gasteiger partial charge is 0.373 e. The topological polar surface area (TPSA) is 65.2 Å².